The van der Waals surface area contributed by atoms with E-state index in [1.165, 1.54) is 26.4 Å². The Morgan fingerprint density at radius 3 is 2.46 bits per heavy atom. The van der Waals surface area contributed by atoms with E-state index in [4.69, 9.17) is 23.7 Å². The van der Waals surface area contributed by atoms with Crippen LogP contribution in [0.4, 0.5) is 0 Å². The summed E-state index contributed by atoms with van der Waals surface area (Å²) in [6.45, 7) is 6.00. The maximum absolute atomic E-state index is 13.5. The quantitative estimate of drug-likeness (QED) is 0.351. The minimum atomic E-state index is -1.28. The second kappa shape index (κ2) is 13.0. The van der Waals surface area contributed by atoms with Crippen molar-refractivity contribution in [2.24, 2.45) is 0 Å². The molecule has 1 heterocycles. The molecule has 1 radical (unpaired) electrons. The fourth-order valence-corrected chi connectivity index (χ4v) is 3.91. The molecule has 1 aliphatic heterocycles. The van der Waals surface area contributed by atoms with Crippen molar-refractivity contribution in [3.05, 3.63) is 40.5 Å². The number of hydrogen-bond donors (Lipinski definition) is 1. The molecule has 2 aromatic carbocycles. The molecule has 1 N–H and O–H groups in total. The van der Waals surface area contributed by atoms with Crippen molar-refractivity contribution >= 4 is 41.3 Å². The van der Waals surface area contributed by atoms with Crippen molar-refractivity contribution < 1.29 is 38.4 Å². The number of nitrogens with zero attached hydrogens (tertiary/aromatic N) is 1. The molecule has 0 spiro atoms. The predicted molar refractivity (Wildman–Crippen MR) is 131 cm³/mol. The van der Waals surface area contributed by atoms with Gasteiger partial charge in [0.2, 0.25) is 12.5 Å². The summed E-state index contributed by atoms with van der Waals surface area (Å²) in [7, 11) is 4.77. The molecule has 9 nitrogen and oxygen atoms in total. The molecule has 0 atom stereocenters. The first kappa shape index (κ1) is 28.8. The SMILES string of the molecule is CCOc1c(CC(=O)c2ccc(OC)c(OC)c2C(=O)O)c(CCN(C)CC)cc2c1OCO2.[Na]. The second-order valence-corrected chi connectivity index (χ2v) is 7.78. The van der Waals surface area contributed by atoms with Crippen LogP contribution in [0.2, 0.25) is 0 Å². The fourth-order valence-electron chi connectivity index (χ4n) is 3.91. The number of rotatable bonds is 12. The van der Waals surface area contributed by atoms with Crippen LogP contribution in [0.25, 0.3) is 0 Å². The standard InChI is InChI=1S/C25H31NO8.Na/c1-6-26(3)11-10-15-12-20-24(34-14-33-20)22(32-7-2)17(15)13-18(27)16-8-9-19(30-4)23(31-5)21(16)25(28)29;/h8-9,12H,6-7,10-11,13-14H2,1-5H3,(H,28,29);. The Morgan fingerprint density at radius 2 is 1.86 bits per heavy atom. The van der Waals surface area contributed by atoms with Crippen LogP contribution in [0, 0.1) is 0 Å². The molecule has 35 heavy (non-hydrogen) atoms. The van der Waals surface area contributed by atoms with Crippen LogP contribution in [0.1, 0.15) is 45.7 Å². The number of hydrogen-bond acceptors (Lipinski definition) is 8. The van der Waals surface area contributed by atoms with Gasteiger partial charge in [-0.1, -0.05) is 6.92 Å². The number of ether oxygens (including phenoxy) is 5. The van der Waals surface area contributed by atoms with Gasteiger partial charge in [0.25, 0.3) is 0 Å². The van der Waals surface area contributed by atoms with Gasteiger partial charge in [0.15, 0.2) is 28.8 Å². The van der Waals surface area contributed by atoms with Gasteiger partial charge < -0.3 is 33.7 Å². The van der Waals surface area contributed by atoms with Crippen molar-refractivity contribution in [1.82, 2.24) is 4.90 Å². The van der Waals surface area contributed by atoms with E-state index in [0.717, 1.165) is 18.7 Å². The number of benzene rings is 2. The first-order chi connectivity index (χ1) is 16.4. The zero-order chi connectivity index (χ0) is 24.8. The summed E-state index contributed by atoms with van der Waals surface area (Å²) in [4.78, 5) is 27.7. The van der Waals surface area contributed by atoms with Gasteiger partial charge in [-0.15, -0.1) is 0 Å². The van der Waals surface area contributed by atoms with E-state index < -0.39 is 5.97 Å². The van der Waals surface area contributed by atoms with Gasteiger partial charge in [-0.05, 0) is 50.7 Å². The average Bonchev–Trinajstić information content (AvgIpc) is 3.31. The molecule has 2 aromatic rings. The van der Waals surface area contributed by atoms with E-state index in [9.17, 15) is 14.7 Å². The Balaban J connectivity index is 0.00000432. The predicted octanol–water partition coefficient (Wildman–Crippen LogP) is 3.07. The molecule has 0 fully saturated rings. The van der Waals surface area contributed by atoms with E-state index in [1.54, 1.807) is 0 Å². The summed E-state index contributed by atoms with van der Waals surface area (Å²) in [6, 6.07) is 4.85. The Labute approximate surface area is 227 Å². The zero-order valence-electron chi connectivity index (χ0n) is 21.2. The monoisotopic (exact) mass is 496 g/mol. The van der Waals surface area contributed by atoms with E-state index in [1.807, 2.05) is 20.0 Å². The molecular weight excluding hydrogens is 465 g/mol. The van der Waals surface area contributed by atoms with Crippen LogP contribution in [-0.2, 0) is 12.8 Å². The number of likely N-dealkylation sites (N-methyl/N-ethyl adjacent to an activating group) is 1. The molecule has 0 saturated heterocycles. The topological polar surface area (TPSA) is 104 Å². The summed E-state index contributed by atoms with van der Waals surface area (Å²) < 4.78 is 27.6. The van der Waals surface area contributed by atoms with E-state index in [2.05, 4.69) is 11.8 Å². The first-order valence-corrected chi connectivity index (χ1v) is 11.1. The molecule has 10 heteroatoms. The van der Waals surface area contributed by atoms with Crippen LogP contribution >= 0.6 is 0 Å². The number of carbonyl (C=O) groups is 2. The molecule has 1 aliphatic rings. The molecule has 185 valence electrons. The molecule has 3 rings (SSSR count). The Kier molecular flexibility index (Phi) is 10.7. The summed E-state index contributed by atoms with van der Waals surface area (Å²) in [5.74, 6) is 0.0635. The molecule has 0 aliphatic carbocycles. The third-order valence-corrected chi connectivity index (χ3v) is 5.80. The Hall–Kier alpha value is -2.46. The molecule has 0 unspecified atom stereocenters. The summed E-state index contributed by atoms with van der Waals surface area (Å²) in [5.41, 5.74) is 1.34. The van der Waals surface area contributed by atoms with Gasteiger partial charge in [0.1, 0.15) is 5.56 Å². The Bertz CT molecular complexity index is 1070. The van der Waals surface area contributed by atoms with Crippen LogP contribution in [-0.4, -0.2) is 99.1 Å². The van der Waals surface area contributed by atoms with Crippen LogP contribution in [0.3, 0.4) is 0 Å². The third-order valence-electron chi connectivity index (χ3n) is 5.80. The first-order valence-electron chi connectivity index (χ1n) is 11.1. The van der Waals surface area contributed by atoms with Gasteiger partial charge in [-0.3, -0.25) is 4.79 Å². The van der Waals surface area contributed by atoms with Crippen LogP contribution in [0.15, 0.2) is 18.2 Å². The van der Waals surface area contributed by atoms with Crippen molar-refractivity contribution in [3.63, 3.8) is 0 Å². The van der Waals surface area contributed by atoms with Gasteiger partial charge >= 0.3 is 5.97 Å². The van der Waals surface area contributed by atoms with Gasteiger partial charge in [-0.2, -0.15) is 0 Å². The average molecular weight is 497 g/mol. The van der Waals surface area contributed by atoms with E-state index in [0.29, 0.717) is 35.8 Å². The largest absolute Gasteiger partial charge is 0.493 e. The fraction of sp³-hybridized carbons (Fsp3) is 0.440. The van der Waals surface area contributed by atoms with Crippen molar-refractivity contribution in [1.29, 1.82) is 0 Å². The number of methoxy groups -OCH3 is 2. The van der Waals surface area contributed by atoms with Gasteiger partial charge in [-0.25, -0.2) is 4.79 Å². The molecule has 0 aromatic heterocycles. The third kappa shape index (κ3) is 6.22. The van der Waals surface area contributed by atoms with Crippen molar-refractivity contribution in [2.75, 3.05) is 47.8 Å². The number of aromatic carboxylic acids is 1. The summed E-state index contributed by atoms with van der Waals surface area (Å²) in [5, 5.41) is 9.85. The Morgan fingerprint density at radius 1 is 1.11 bits per heavy atom. The van der Waals surface area contributed by atoms with Crippen LogP contribution < -0.4 is 23.7 Å². The minimum absolute atomic E-state index is 0. The molecule has 0 amide bonds. The minimum Gasteiger partial charge on any atom is -0.493 e. The smallest absolute Gasteiger partial charge is 0.340 e. The summed E-state index contributed by atoms with van der Waals surface area (Å²) in [6.07, 6.45) is 0.578. The zero-order valence-corrected chi connectivity index (χ0v) is 23.2. The van der Waals surface area contributed by atoms with Gasteiger partial charge in [0.05, 0.1) is 20.8 Å². The number of fused-ring (bicyclic) bond motifs is 1. The van der Waals surface area contributed by atoms with Crippen molar-refractivity contribution in [2.45, 2.75) is 26.7 Å². The van der Waals surface area contributed by atoms with E-state index in [-0.39, 0.29) is 71.2 Å². The molecule has 0 bridgehead atoms. The second-order valence-electron chi connectivity index (χ2n) is 7.78. The summed E-state index contributed by atoms with van der Waals surface area (Å²) >= 11 is 0. The molecule has 0 saturated carbocycles. The van der Waals surface area contributed by atoms with Crippen LogP contribution in [0.5, 0.6) is 28.7 Å². The number of ketones is 1. The maximum atomic E-state index is 13.5. The number of Topliss-reactive ketones (excluding diaryl/α,β-unsaturated/α-hetero) is 1. The number of carbonyl (C=O) groups excluding carboxylic acids is 1. The molecular formula is C25H31NNaO8. The number of carboxylic acids is 1. The maximum Gasteiger partial charge on any atom is 0.340 e. The van der Waals surface area contributed by atoms with Gasteiger partial charge in [0, 0.05) is 53.6 Å². The van der Waals surface area contributed by atoms with E-state index >= 15 is 0 Å². The number of carboxylic acid groups (broad SMARTS) is 1. The van der Waals surface area contributed by atoms with Crippen molar-refractivity contribution in [3.8, 4) is 28.7 Å². The normalized spacial score (nSPS) is 11.7.